The number of thiocarbonyl (C=S) groups is 1. The minimum Gasteiger partial charge on any atom is -0.389 e. The Hall–Kier alpha value is -1.42. The summed E-state index contributed by atoms with van der Waals surface area (Å²) in [6, 6.07) is 5.91. The molecule has 84 valence electrons. The smallest absolute Gasteiger partial charge is 0.112 e. The summed E-state index contributed by atoms with van der Waals surface area (Å²) in [5.41, 5.74) is 8.55. The largest absolute Gasteiger partial charge is 0.389 e. The predicted octanol–water partition coefficient (Wildman–Crippen LogP) is 2.33. The zero-order chi connectivity index (χ0) is 11.9. The van der Waals surface area contributed by atoms with Crippen LogP contribution in [0.5, 0.6) is 0 Å². The molecular weight excluding hydrogens is 218 g/mol. The molecule has 0 saturated heterocycles. The third kappa shape index (κ3) is 1.69. The van der Waals surface area contributed by atoms with Crippen LogP contribution in [0.15, 0.2) is 18.2 Å². The van der Waals surface area contributed by atoms with Gasteiger partial charge in [-0.3, -0.25) is 0 Å². The van der Waals surface area contributed by atoms with E-state index in [0.29, 0.717) is 10.9 Å². The number of aryl methyl sites for hydroxylation is 1. The number of imidazole rings is 1. The van der Waals surface area contributed by atoms with Crippen molar-refractivity contribution in [3.8, 4) is 0 Å². The summed E-state index contributed by atoms with van der Waals surface area (Å²) >= 11 is 4.96. The summed E-state index contributed by atoms with van der Waals surface area (Å²) in [4.78, 5) is 5.02. The Morgan fingerprint density at radius 3 is 2.69 bits per heavy atom. The Bertz CT molecular complexity index is 555. The quantitative estimate of drug-likeness (QED) is 0.810. The molecule has 0 aliphatic rings. The van der Waals surface area contributed by atoms with E-state index in [1.165, 1.54) is 0 Å². The van der Waals surface area contributed by atoms with Gasteiger partial charge in [-0.15, -0.1) is 0 Å². The van der Waals surface area contributed by atoms with E-state index >= 15 is 0 Å². The average molecular weight is 233 g/mol. The second kappa shape index (κ2) is 3.87. The van der Waals surface area contributed by atoms with E-state index in [1.54, 1.807) is 0 Å². The van der Waals surface area contributed by atoms with E-state index in [-0.39, 0.29) is 0 Å². The SMILES string of the molecule is CC(C)c1nc2cc(C(N)=S)ccc2n1C. The lowest BCUT2D eigenvalue weighted by Crippen LogP contribution is -2.08. The minimum atomic E-state index is 0.408. The maximum absolute atomic E-state index is 5.61. The zero-order valence-corrected chi connectivity index (χ0v) is 10.5. The molecule has 0 fully saturated rings. The van der Waals surface area contributed by atoms with E-state index < -0.39 is 0 Å². The fraction of sp³-hybridized carbons (Fsp3) is 0.333. The number of aromatic nitrogens is 2. The highest BCUT2D eigenvalue weighted by Crippen LogP contribution is 2.21. The maximum Gasteiger partial charge on any atom is 0.112 e. The van der Waals surface area contributed by atoms with Crippen LogP contribution in [-0.4, -0.2) is 14.5 Å². The number of hydrogen-bond acceptors (Lipinski definition) is 2. The molecule has 1 heterocycles. The summed E-state index contributed by atoms with van der Waals surface area (Å²) in [6.45, 7) is 4.27. The van der Waals surface area contributed by atoms with Gasteiger partial charge in [-0.25, -0.2) is 4.98 Å². The number of nitrogens with two attached hydrogens (primary N) is 1. The molecule has 0 atom stereocenters. The van der Waals surface area contributed by atoms with Crippen molar-refractivity contribution in [3.63, 3.8) is 0 Å². The van der Waals surface area contributed by atoms with Gasteiger partial charge in [0.2, 0.25) is 0 Å². The van der Waals surface area contributed by atoms with Crippen LogP contribution in [-0.2, 0) is 7.05 Å². The second-order valence-corrected chi connectivity index (χ2v) is 4.69. The normalized spacial score (nSPS) is 11.2. The maximum atomic E-state index is 5.61. The van der Waals surface area contributed by atoms with Crippen LogP contribution in [0.2, 0.25) is 0 Å². The number of nitrogens with zero attached hydrogens (tertiary/aromatic N) is 2. The molecule has 1 aromatic carbocycles. The van der Waals surface area contributed by atoms with Gasteiger partial charge in [0, 0.05) is 18.5 Å². The topological polar surface area (TPSA) is 43.8 Å². The molecule has 4 heteroatoms. The van der Waals surface area contributed by atoms with Crippen molar-refractivity contribution >= 4 is 28.2 Å². The third-order valence-corrected chi connectivity index (χ3v) is 2.95. The van der Waals surface area contributed by atoms with Gasteiger partial charge >= 0.3 is 0 Å². The molecule has 2 N–H and O–H groups in total. The Balaban J connectivity index is 2.67. The molecule has 0 unspecified atom stereocenters. The number of fused-ring (bicyclic) bond motifs is 1. The van der Waals surface area contributed by atoms with E-state index in [4.69, 9.17) is 18.0 Å². The van der Waals surface area contributed by atoms with Crippen LogP contribution in [0.25, 0.3) is 11.0 Å². The molecule has 2 rings (SSSR count). The van der Waals surface area contributed by atoms with E-state index in [9.17, 15) is 0 Å². The molecule has 1 aromatic heterocycles. The monoisotopic (exact) mass is 233 g/mol. The summed E-state index contributed by atoms with van der Waals surface area (Å²) in [7, 11) is 2.03. The van der Waals surface area contributed by atoms with Crippen molar-refractivity contribution in [2.75, 3.05) is 0 Å². The van der Waals surface area contributed by atoms with Gasteiger partial charge in [-0.1, -0.05) is 26.1 Å². The van der Waals surface area contributed by atoms with Crippen molar-refractivity contribution in [1.82, 2.24) is 9.55 Å². The number of hydrogen-bond donors (Lipinski definition) is 1. The highest BCUT2D eigenvalue weighted by molar-refractivity contribution is 7.80. The first-order valence-corrected chi connectivity index (χ1v) is 5.67. The lowest BCUT2D eigenvalue weighted by atomic mass is 10.2. The van der Waals surface area contributed by atoms with Gasteiger partial charge in [-0.2, -0.15) is 0 Å². The van der Waals surface area contributed by atoms with Crippen LogP contribution in [0.3, 0.4) is 0 Å². The number of rotatable bonds is 2. The van der Waals surface area contributed by atoms with Crippen LogP contribution < -0.4 is 5.73 Å². The van der Waals surface area contributed by atoms with Gasteiger partial charge in [0.1, 0.15) is 10.8 Å². The Morgan fingerprint density at radius 1 is 1.44 bits per heavy atom. The van der Waals surface area contributed by atoms with Gasteiger partial charge in [-0.05, 0) is 18.2 Å². The number of benzene rings is 1. The first-order chi connectivity index (χ1) is 7.50. The van der Waals surface area contributed by atoms with E-state index in [0.717, 1.165) is 22.4 Å². The van der Waals surface area contributed by atoms with Crippen molar-refractivity contribution in [1.29, 1.82) is 0 Å². The van der Waals surface area contributed by atoms with Crippen molar-refractivity contribution < 1.29 is 0 Å². The molecular formula is C12H15N3S. The molecule has 3 nitrogen and oxygen atoms in total. The second-order valence-electron chi connectivity index (χ2n) is 4.25. The van der Waals surface area contributed by atoms with Crippen LogP contribution in [0.4, 0.5) is 0 Å². The standard InChI is InChI=1S/C12H15N3S/c1-7(2)12-14-9-6-8(11(13)16)4-5-10(9)15(12)3/h4-7H,1-3H3,(H2,13,16). The molecule has 2 aromatic rings. The fourth-order valence-corrected chi connectivity index (χ4v) is 2.02. The van der Waals surface area contributed by atoms with E-state index in [1.807, 2.05) is 25.2 Å². The Kier molecular flexibility index (Phi) is 2.68. The first kappa shape index (κ1) is 11.1. The highest BCUT2D eigenvalue weighted by Gasteiger charge is 2.11. The Morgan fingerprint density at radius 2 is 2.12 bits per heavy atom. The summed E-state index contributed by atoms with van der Waals surface area (Å²) in [5.74, 6) is 1.49. The molecule has 0 spiro atoms. The van der Waals surface area contributed by atoms with Crippen LogP contribution in [0, 0.1) is 0 Å². The lowest BCUT2D eigenvalue weighted by Gasteiger charge is -2.04. The van der Waals surface area contributed by atoms with Crippen molar-refractivity contribution in [2.24, 2.45) is 12.8 Å². The summed E-state index contributed by atoms with van der Waals surface area (Å²) in [6.07, 6.45) is 0. The third-order valence-electron chi connectivity index (χ3n) is 2.72. The van der Waals surface area contributed by atoms with E-state index in [2.05, 4.69) is 23.4 Å². The van der Waals surface area contributed by atoms with Crippen LogP contribution in [0.1, 0.15) is 31.2 Å². The lowest BCUT2D eigenvalue weighted by molar-refractivity contribution is 0.722. The van der Waals surface area contributed by atoms with Gasteiger partial charge in [0.05, 0.1) is 11.0 Å². The summed E-state index contributed by atoms with van der Waals surface area (Å²) in [5, 5.41) is 0. The zero-order valence-electron chi connectivity index (χ0n) is 9.69. The molecule has 0 aliphatic heterocycles. The molecule has 0 saturated carbocycles. The Labute approximate surface area is 100 Å². The van der Waals surface area contributed by atoms with Gasteiger partial charge < -0.3 is 10.3 Å². The predicted molar refractivity (Wildman–Crippen MR) is 70.7 cm³/mol. The highest BCUT2D eigenvalue weighted by atomic mass is 32.1. The minimum absolute atomic E-state index is 0.408. The first-order valence-electron chi connectivity index (χ1n) is 5.27. The molecule has 16 heavy (non-hydrogen) atoms. The van der Waals surface area contributed by atoms with Crippen LogP contribution >= 0.6 is 12.2 Å². The van der Waals surface area contributed by atoms with Crippen molar-refractivity contribution in [2.45, 2.75) is 19.8 Å². The molecule has 0 radical (unpaired) electrons. The molecule has 0 aliphatic carbocycles. The average Bonchev–Trinajstić information content (AvgIpc) is 2.55. The molecule has 0 bridgehead atoms. The van der Waals surface area contributed by atoms with Gasteiger partial charge in [0.25, 0.3) is 0 Å². The van der Waals surface area contributed by atoms with Crippen molar-refractivity contribution in [3.05, 3.63) is 29.6 Å². The summed E-state index contributed by atoms with van der Waals surface area (Å²) < 4.78 is 2.11. The fourth-order valence-electron chi connectivity index (χ4n) is 1.89. The molecule has 0 amide bonds. The van der Waals surface area contributed by atoms with Gasteiger partial charge in [0.15, 0.2) is 0 Å².